The van der Waals surface area contributed by atoms with Gasteiger partial charge in [0.05, 0.1) is 13.2 Å². The normalized spacial score (nSPS) is 12.3. The van der Waals surface area contributed by atoms with Crippen LogP contribution in [-0.4, -0.2) is 43.3 Å². The quantitative estimate of drug-likeness (QED) is 0.0302. The Labute approximate surface area is 215 Å². The van der Waals surface area contributed by atoms with Crippen LogP contribution in [-0.2, 0) is 24.1 Å². The highest BCUT2D eigenvalue weighted by atomic mass is 17.2. The molecule has 6 heteroatoms. The molecule has 0 aromatic carbocycles. The van der Waals surface area contributed by atoms with Crippen molar-refractivity contribution in [3.05, 3.63) is 12.2 Å². The molecule has 1 atom stereocenters. The van der Waals surface area contributed by atoms with Gasteiger partial charge in [0.15, 0.2) is 0 Å². The molecular weight excluding hydrogens is 444 g/mol. The van der Waals surface area contributed by atoms with E-state index in [1.165, 1.54) is 19.3 Å². The first kappa shape index (κ1) is 33.8. The molecule has 0 aliphatic rings. The summed E-state index contributed by atoms with van der Waals surface area (Å²) in [5.74, 6) is -0.195. The molecule has 0 fully saturated rings. The Morgan fingerprint density at radius 3 is 1.91 bits per heavy atom. The minimum Gasteiger partial charge on any atom is -0.462 e. The Bertz CT molecular complexity index is 480. The van der Waals surface area contributed by atoms with Crippen molar-refractivity contribution >= 4 is 12.3 Å². The Kier molecular flexibility index (Phi) is 28.0. The lowest BCUT2D eigenvalue weighted by Gasteiger charge is -2.18. The summed E-state index contributed by atoms with van der Waals surface area (Å²) in [6.45, 7) is 3.52. The fourth-order valence-electron chi connectivity index (χ4n) is 3.86. The molecule has 0 saturated heterocycles. The summed E-state index contributed by atoms with van der Waals surface area (Å²) >= 11 is 0. The first-order valence-electron chi connectivity index (χ1n) is 14.4. The molecule has 0 aliphatic carbocycles. The van der Waals surface area contributed by atoms with Crippen LogP contribution in [0, 0.1) is 0 Å². The van der Waals surface area contributed by atoms with Gasteiger partial charge in [-0.3, -0.25) is 4.79 Å². The molecule has 206 valence electrons. The van der Waals surface area contributed by atoms with E-state index in [0.717, 1.165) is 96.2 Å². The highest BCUT2D eigenvalue weighted by molar-refractivity contribution is 5.69. The second-order valence-electron chi connectivity index (χ2n) is 9.41. The van der Waals surface area contributed by atoms with E-state index >= 15 is 0 Å². The number of hydrogen-bond acceptors (Lipinski definition) is 6. The number of esters is 1. The molecule has 1 unspecified atom stereocenters. The maximum atomic E-state index is 12.0. The molecular formula is C29H54O6. The fourth-order valence-corrected chi connectivity index (χ4v) is 3.86. The van der Waals surface area contributed by atoms with Crippen molar-refractivity contribution in [1.29, 1.82) is 0 Å². The summed E-state index contributed by atoms with van der Waals surface area (Å²) in [6.07, 6.45) is 25.2. The van der Waals surface area contributed by atoms with Crippen molar-refractivity contribution in [3.63, 3.8) is 0 Å². The van der Waals surface area contributed by atoms with E-state index in [9.17, 15) is 9.59 Å². The number of unbranched alkanes of at least 4 members (excludes halogenated alkanes) is 12. The molecule has 0 aromatic rings. The number of rotatable bonds is 28. The van der Waals surface area contributed by atoms with Crippen LogP contribution in [0.5, 0.6) is 0 Å². The van der Waals surface area contributed by atoms with Crippen molar-refractivity contribution in [2.24, 2.45) is 0 Å². The van der Waals surface area contributed by atoms with Crippen molar-refractivity contribution in [3.8, 4) is 0 Å². The molecule has 0 bridgehead atoms. The van der Waals surface area contributed by atoms with Gasteiger partial charge in [-0.25, -0.2) is 9.78 Å². The Morgan fingerprint density at radius 2 is 1.29 bits per heavy atom. The van der Waals surface area contributed by atoms with Crippen LogP contribution in [0.2, 0.25) is 0 Å². The van der Waals surface area contributed by atoms with Crippen LogP contribution in [0.3, 0.4) is 0 Å². The van der Waals surface area contributed by atoms with Crippen LogP contribution < -0.4 is 0 Å². The third-order valence-corrected chi connectivity index (χ3v) is 6.01. The molecule has 0 aliphatic heterocycles. The predicted molar refractivity (Wildman–Crippen MR) is 142 cm³/mol. The van der Waals surface area contributed by atoms with Gasteiger partial charge in [-0.15, -0.1) is 0 Å². The first-order chi connectivity index (χ1) is 17.2. The lowest BCUT2D eigenvalue weighted by atomic mass is 10.0. The third kappa shape index (κ3) is 27.2. The summed E-state index contributed by atoms with van der Waals surface area (Å²) in [5.41, 5.74) is 0. The first-order valence-corrected chi connectivity index (χ1v) is 14.4. The Hall–Kier alpha value is -1.24. The minimum absolute atomic E-state index is 0.0191. The van der Waals surface area contributed by atoms with Gasteiger partial charge in [-0.1, -0.05) is 70.4 Å². The zero-order valence-electron chi connectivity index (χ0n) is 22.6. The van der Waals surface area contributed by atoms with Gasteiger partial charge in [0.2, 0.25) is 0 Å². The Morgan fingerprint density at radius 1 is 0.714 bits per heavy atom. The van der Waals surface area contributed by atoms with Gasteiger partial charge in [-0.2, -0.15) is 0 Å². The summed E-state index contributed by atoms with van der Waals surface area (Å²) < 4.78 is 5.68. The second-order valence-corrected chi connectivity index (χ2v) is 9.41. The summed E-state index contributed by atoms with van der Waals surface area (Å²) in [4.78, 5) is 32.9. The van der Waals surface area contributed by atoms with E-state index in [1.807, 2.05) is 0 Å². The summed E-state index contributed by atoms with van der Waals surface area (Å²) in [7, 11) is 0. The number of aliphatic hydroxyl groups excluding tert-OH is 1. The van der Waals surface area contributed by atoms with Crippen molar-refractivity contribution in [2.75, 3.05) is 19.8 Å². The number of allylic oxidation sites excluding steroid dienone is 2. The number of aldehydes is 1. The standard InChI is InChI=1S/C29H54O6/c1-2-3-4-5-8-13-18-26-33-34-27-19-14-9-11-16-22-28(35-29(32)23-20-25-31)21-15-10-6-7-12-17-24-30/h5,8,24,28,31H,2-4,6-7,9-23,25-27H2,1H3/b8-5+. The van der Waals surface area contributed by atoms with Crippen LogP contribution in [0.25, 0.3) is 0 Å². The van der Waals surface area contributed by atoms with E-state index < -0.39 is 0 Å². The zero-order chi connectivity index (χ0) is 25.7. The predicted octanol–water partition coefficient (Wildman–Crippen LogP) is 7.42. The smallest absolute Gasteiger partial charge is 0.306 e. The molecule has 0 rings (SSSR count). The number of ether oxygens (including phenoxy) is 1. The number of hydrogen-bond donors (Lipinski definition) is 1. The molecule has 0 aromatic heterocycles. The van der Waals surface area contributed by atoms with Crippen LogP contribution >= 0.6 is 0 Å². The monoisotopic (exact) mass is 498 g/mol. The van der Waals surface area contributed by atoms with Gasteiger partial charge < -0.3 is 14.6 Å². The largest absolute Gasteiger partial charge is 0.462 e. The maximum Gasteiger partial charge on any atom is 0.306 e. The Balaban J connectivity index is 3.74. The van der Waals surface area contributed by atoms with Crippen LogP contribution in [0.15, 0.2) is 12.2 Å². The summed E-state index contributed by atoms with van der Waals surface area (Å²) in [5, 5.41) is 8.92. The lowest BCUT2D eigenvalue weighted by molar-refractivity contribution is -0.295. The highest BCUT2D eigenvalue weighted by Crippen LogP contribution is 2.17. The van der Waals surface area contributed by atoms with Crippen molar-refractivity contribution in [2.45, 2.75) is 141 Å². The van der Waals surface area contributed by atoms with E-state index in [4.69, 9.17) is 19.6 Å². The number of carbonyl (C=O) groups is 2. The minimum atomic E-state index is -0.195. The molecule has 0 radical (unpaired) electrons. The molecule has 0 saturated carbocycles. The van der Waals surface area contributed by atoms with Gasteiger partial charge in [0.1, 0.15) is 12.4 Å². The fraction of sp³-hybridized carbons (Fsp3) is 0.862. The maximum absolute atomic E-state index is 12.0. The van der Waals surface area contributed by atoms with Crippen molar-refractivity contribution in [1.82, 2.24) is 0 Å². The average Bonchev–Trinajstić information content (AvgIpc) is 2.86. The zero-order valence-corrected chi connectivity index (χ0v) is 22.6. The molecule has 0 spiro atoms. The molecule has 1 N–H and O–H groups in total. The van der Waals surface area contributed by atoms with E-state index in [2.05, 4.69) is 19.1 Å². The van der Waals surface area contributed by atoms with Gasteiger partial charge in [0, 0.05) is 19.4 Å². The average molecular weight is 499 g/mol. The SMILES string of the molecule is CCCC/C=C/CCCOOCCCCCCCC(CCCCCCCC=O)OC(=O)CCCO. The topological polar surface area (TPSA) is 82.1 Å². The van der Waals surface area contributed by atoms with Crippen LogP contribution in [0.4, 0.5) is 0 Å². The van der Waals surface area contributed by atoms with Gasteiger partial charge in [0.25, 0.3) is 0 Å². The van der Waals surface area contributed by atoms with E-state index in [0.29, 0.717) is 26.1 Å². The molecule has 0 heterocycles. The molecule has 6 nitrogen and oxygen atoms in total. The highest BCUT2D eigenvalue weighted by Gasteiger charge is 2.14. The van der Waals surface area contributed by atoms with Gasteiger partial charge in [-0.05, 0) is 64.2 Å². The van der Waals surface area contributed by atoms with Crippen molar-refractivity contribution < 1.29 is 29.2 Å². The van der Waals surface area contributed by atoms with Gasteiger partial charge >= 0.3 is 5.97 Å². The van der Waals surface area contributed by atoms with Crippen LogP contribution in [0.1, 0.15) is 135 Å². The van der Waals surface area contributed by atoms with E-state index in [1.54, 1.807) is 0 Å². The van der Waals surface area contributed by atoms with E-state index in [-0.39, 0.29) is 25.1 Å². The molecule has 0 amide bonds. The third-order valence-electron chi connectivity index (χ3n) is 6.01. The number of carbonyl (C=O) groups excluding carboxylic acids is 2. The molecule has 35 heavy (non-hydrogen) atoms. The second kappa shape index (κ2) is 29.0. The lowest BCUT2D eigenvalue weighted by Crippen LogP contribution is -2.18. The summed E-state index contributed by atoms with van der Waals surface area (Å²) in [6, 6.07) is 0. The number of aliphatic hydroxyl groups is 1.